The number of nitrogens with one attached hydrogen (secondary N) is 1. The number of para-hydroxylation sites is 1. The number of fused-ring (bicyclic) bond motifs is 3. The highest BCUT2D eigenvalue weighted by atomic mass is 16.4. The fourth-order valence-electron chi connectivity index (χ4n) is 2.39. The van der Waals surface area contributed by atoms with Gasteiger partial charge in [-0.05, 0) is 18.6 Å². The normalized spacial score (nSPS) is 11.4. The number of nitrogens with zero attached hydrogens (tertiary/aromatic N) is 1. The van der Waals surface area contributed by atoms with Gasteiger partial charge in [-0.1, -0.05) is 18.2 Å². The van der Waals surface area contributed by atoms with Gasteiger partial charge in [0.1, 0.15) is 5.69 Å². The van der Waals surface area contributed by atoms with Gasteiger partial charge in [0.15, 0.2) is 0 Å². The Morgan fingerprint density at radius 1 is 1.41 bits per heavy atom. The van der Waals surface area contributed by atoms with Crippen LogP contribution in [0.25, 0.3) is 21.9 Å². The van der Waals surface area contributed by atoms with Gasteiger partial charge in [0, 0.05) is 12.4 Å². The van der Waals surface area contributed by atoms with E-state index in [-0.39, 0.29) is 0 Å². The molecule has 2 aromatic heterocycles. The predicted molar refractivity (Wildman–Crippen MR) is 66.5 cm³/mol. The van der Waals surface area contributed by atoms with Crippen molar-refractivity contribution < 1.29 is 9.90 Å². The summed E-state index contributed by atoms with van der Waals surface area (Å²) in [6, 6.07) is 7.71. The van der Waals surface area contributed by atoms with Crippen LogP contribution in [-0.2, 0) is 7.05 Å². The molecule has 17 heavy (non-hydrogen) atoms. The van der Waals surface area contributed by atoms with Gasteiger partial charge >= 0.3 is 5.97 Å². The van der Waals surface area contributed by atoms with E-state index in [4.69, 9.17) is 5.11 Å². The molecule has 0 saturated heterocycles. The molecular weight excluding hydrogens is 216 g/mol. The maximum absolute atomic E-state index is 11.1. The lowest BCUT2D eigenvalue weighted by Gasteiger charge is -2.00. The maximum Gasteiger partial charge on any atom is 0.352 e. The highest BCUT2D eigenvalue weighted by molar-refractivity contribution is 6.09. The zero-order valence-electron chi connectivity index (χ0n) is 9.61. The number of carboxylic acids is 1. The Morgan fingerprint density at radius 3 is 2.88 bits per heavy atom. The third-order valence-electron chi connectivity index (χ3n) is 3.24. The smallest absolute Gasteiger partial charge is 0.352 e. The van der Waals surface area contributed by atoms with Crippen molar-refractivity contribution in [3.8, 4) is 0 Å². The van der Waals surface area contributed by atoms with E-state index >= 15 is 0 Å². The highest BCUT2D eigenvalue weighted by Gasteiger charge is 2.16. The molecule has 0 aliphatic heterocycles. The fourth-order valence-corrected chi connectivity index (χ4v) is 2.39. The first-order chi connectivity index (χ1) is 8.09. The number of carbonyl (C=O) groups is 1. The number of aryl methyl sites for hydroxylation is 2. The van der Waals surface area contributed by atoms with Gasteiger partial charge in [-0.2, -0.15) is 0 Å². The lowest BCUT2D eigenvalue weighted by molar-refractivity contribution is 0.0687. The fraction of sp³-hybridized carbons (Fsp3) is 0.154. The summed E-state index contributed by atoms with van der Waals surface area (Å²) in [5.74, 6) is -0.905. The molecule has 0 atom stereocenters. The lowest BCUT2D eigenvalue weighted by Crippen LogP contribution is -2.03. The molecule has 4 nitrogen and oxygen atoms in total. The topological polar surface area (TPSA) is 58.0 Å². The van der Waals surface area contributed by atoms with Gasteiger partial charge < -0.3 is 14.7 Å². The van der Waals surface area contributed by atoms with E-state index in [2.05, 4.69) is 4.98 Å². The van der Waals surface area contributed by atoms with Gasteiger partial charge in [0.05, 0.1) is 16.6 Å². The third kappa shape index (κ3) is 1.21. The predicted octanol–water partition coefficient (Wildman–Crippen LogP) is 2.67. The summed E-state index contributed by atoms with van der Waals surface area (Å²) in [7, 11) is 1.78. The third-order valence-corrected chi connectivity index (χ3v) is 3.24. The van der Waals surface area contributed by atoms with Crippen LogP contribution in [0, 0.1) is 6.92 Å². The average molecular weight is 228 g/mol. The van der Waals surface area contributed by atoms with Crippen molar-refractivity contribution in [2.45, 2.75) is 6.92 Å². The number of hydrogen-bond donors (Lipinski definition) is 2. The minimum atomic E-state index is -0.905. The molecule has 0 unspecified atom stereocenters. The monoisotopic (exact) mass is 228 g/mol. The van der Waals surface area contributed by atoms with Gasteiger partial charge in [0.2, 0.25) is 0 Å². The molecule has 3 rings (SSSR count). The Kier molecular flexibility index (Phi) is 1.84. The van der Waals surface area contributed by atoms with E-state index in [1.807, 2.05) is 25.1 Å². The van der Waals surface area contributed by atoms with Crippen LogP contribution in [-0.4, -0.2) is 20.6 Å². The summed E-state index contributed by atoms with van der Waals surface area (Å²) in [6.07, 6.45) is 0. The molecule has 2 N–H and O–H groups in total. The minimum absolute atomic E-state index is 0.301. The lowest BCUT2D eigenvalue weighted by atomic mass is 10.1. The van der Waals surface area contributed by atoms with E-state index in [1.54, 1.807) is 17.7 Å². The van der Waals surface area contributed by atoms with Gasteiger partial charge in [-0.3, -0.25) is 0 Å². The zero-order chi connectivity index (χ0) is 12.2. The van der Waals surface area contributed by atoms with E-state index in [0.717, 1.165) is 27.5 Å². The molecule has 0 amide bonds. The molecule has 1 aromatic carbocycles. The number of H-pyrrole nitrogens is 1. The van der Waals surface area contributed by atoms with Crippen molar-refractivity contribution in [2.24, 2.45) is 7.05 Å². The van der Waals surface area contributed by atoms with Crippen LogP contribution >= 0.6 is 0 Å². The van der Waals surface area contributed by atoms with Crippen LogP contribution in [0.5, 0.6) is 0 Å². The molecule has 0 spiro atoms. The summed E-state index contributed by atoms with van der Waals surface area (Å²) in [5.41, 5.74) is 4.35. The summed E-state index contributed by atoms with van der Waals surface area (Å²) in [4.78, 5) is 14.3. The molecule has 0 fully saturated rings. The molecule has 4 heteroatoms. The Labute approximate surface area is 97.5 Å². The van der Waals surface area contributed by atoms with Crippen molar-refractivity contribution in [3.05, 3.63) is 35.5 Å². The summed E-state index contributed by atoms with van der Waals surface area (Å²) in [6.45, 7) is 2.04. The maximum atomic E-state index is 11.1. The Hall–Kier alpha value is -2.23. The summed E-state index contributed by atoms with van der Waals surface area (Å²) >= 11 is 0. The van der Waals surface area contributed by atoms with Crippen molar-refractivity contribution in [1.82, 2.24) is 9.55 Å². The van der Waals surface area contributed by atoms with Gasteiger partial charge in [0.25, 0.3) is 0 Å². The molecule has 3 aromatic rings. The molecule has 0 bridgehead atoms. The molecule has 0 radical (unpaired) electrons. The number of hydrogen-bond acceptors (Lipinski definition) is 1. The zero-order valence-corrected chi connectivity index (χ0v) is 9.61. The number of aromatic carboxylic acids is 1. The Morgan fingerprint density at radius 2 is 2.18 bits per heavy atom. The Bertz CT molecular complexity index is 750. The first-order valence-corrected chi connectivity index (χ1v) is 5.39. The molecule has 2 heterocycles. The first kappa shape index (κ1) is 9.96. The van der Waals surface area contributed by atoms with Crippen molar-refractivity contribution in [2.75, 3.05) is 0 Å². The van der Waals surface area contributed by atoms with Crippen LogP contribution in [0.1, 0.15) is 16.1 Å². The first-order valence-electron chi connectivity index (χ1n) is 5.39. The van der Waals surface area contributed by atoms with Crippen LogP contribution in [0.4, 0.5) is 0 Å². The standard InChI is InChI=1S/C13H12N2O2/c1-7-4-3-5-8-11(7)14-9-6-10(13(16)17)15(2)12(8)9/h3-6,14H,1-2H3,(H,16,17). The molecule has 86 valence electrons. The summed E-state index contributed by atoms with van der Waals surface area (Å²) < 4.78 is 1.72. The highest BCUT2D eigenvalue weighted by Crippen LogP contribution is 2.29. The number of aromatic amines is 1. The summed E-state index contributed by atoms with van der Waals surface area (Å²) in [5, 5.41) is 10.1. The second kappa shape index (κ2) is 3.13. The largest absolute Gasteiger partial charge is 0.477 e. The van der Waals surface area contributed by atoms with E-state index in [9.17, 15) is 4.79 Å². The van der Waals surface area contributed by atoms with Crippen LogP contribution < -0.4 is 0 Å². The number of rotatable bonds is 1. The number of carboxylic acid groups (broad SMARTS) is 1. The van der Waals surface area contributed by atoms with Crippen molar-refractivity contribution >= 4 is 27.9 Å². The average Bonchev–Trinajstić information content (AvgIpc) is 2.78. The van der Waals surface area contributed by atoms with E-state index in [1.165, 1.54) is 0 Å². The van der Waals surface area contributed by atoms with E-state index in [0.29, 0.717) is 5.69 Å². The van der Waals surface area contributed by atoms with Crippen molar-refractivity contribution in [1.29, 1.82) is 0 Å². The molecule has 0 aliphatic carbocycles. The van der Waals surface area contributed by atoms with E-state index < -0.39 is 5.97 Å². The second-order valence-electron chi connectivity index (χ2n) is 4.28. The molecule has 0 saturated carbocycles. The number of aromatic nitrogens is 2. The van der Waals surface area contributed by atoms with Crippen LogP contribution in [0.3, 0.4) is 0 Å². The molecular formula is C13H12N2O2. The van der Waals surface area contributed by atoms with Crippen molar-refractivity contribution in [3.63, 3.8) is 0 Å². The number of benzene rings is 1. The second-order valence-corrected chi connectivity index (χ2v) is 4.28. The van der Waals surface area contributed by atoms with Crippen LogP contribution in [0.15, 0.2) is 24.3 Å². The van der Waals surface area contributed by atoms with Gasteiger partial charge in [-0.15, -0.1) is 0 Å². The molecule has 0 aliphatic rings. The minimum Gasteiger partial charge on any atom is -0.477 e. The Balaban J connectivity index is 2.50. The quantitative estimate of drug-likeness (QED) is 0.672. The van der Waals surface area contributed by atoms with Gasteiger partial charge in [-0.25, -0.2) is 4.79 Å². The van der Waals surface area contributed by atoms with Crippen LogP contribution in [0.2, 0.25) is 0 Å². The SMILES string of the molecule is Cc1cccc2c1[nH]c1cc(C(=O)O)n(C)c12.